The third-order valence-electron chi connectivity index (χ3n) is 3.05. The van der Waals surface area contributed by atoms with Gasteiger partial charge in [0.25, 0.3) is 0 Å². The van der Waals surface area contributed by atoms with Crippen molar-refractivity contribution in [1.29, 1.82) is 10.5 Å². The van der Waals surface area contributed by atoms with Gasteiger partial charge in [-0.05, 0) is 24.3 Å². The van der Waals surface area contributed by atoms with Gasteiger partial charge in [0.1, 0.15) is 17.7 Å². The van der Waals surface area contributed by atoms with Crippen molar-refractivity contribution >= 4 is 16.6 Å². The van der Waals surface area contributed by atoms with Gasteiger partial charge in [-0.15, -0.1) is 0 Å². The number of nitrogens with zero attached hydrogens (tertiary/aromatic N) is 2. The van der Waals surface area contributed by atoms with Crippen molar-refractivity contribution in [3.8, 4) is 12.1 Å². The van der Waals surface area contributed by atoms with Crippen molar-refractivity contribution in [2.75, 3.05) is 5.32 Å². The van der Waals surface area contributed by atoms with E-state index in [0.29, 0.717) is 0 Å². The summed E-state index contributed by atoms with van der Waals surface area (Å²) >= 11 is 0. The maximum Gasteiger partial charge on any atom is 0.145 e. The lowest BCUT2D eigenvalue weighted by atomic mass is 9.92. The first-order chi connectivity index (χ1) is 9.44. The lowest BCUT2D eigenvalue weighted by molar-refractivity contribution is 0.574. The number of nitrogens with one attached hydrogen (secondary N) is 2. The standard InChI is InChI=1S/C16H16N4/c1-16(2,3)15-7-12-6-13(4-5-14(12)20-15)19-10-11(8-17)9-18/h4-7,10,19-20H,1-3H3. The Bertz CT molecular complexity index is 729. The fourth-order valence-corrected chi connectivity index (χ4v) is 1.87. The number of fused-ring (bicyclic) bond motifs is 1. The predicted octanol–water partition coefficient (Wildman–Crippen LogP) is 3.81. The van der Waals surface area contributed by atoms with Gasteiger partial charge in [0.2, 0.25) is 0 Å². The molecule has 20 heavy (non-hydrogen) atoms. The highest BCUT2D eigenvalue weighted by molar-refractivity contribution is 5.84. The van der Waals surface area contributed by atoms with Gasteiger partial charge in [0, 0.05) is 33.9 Å². The number of allylic oxidation sites excluding steroid dienone is 1. The lowest BCUT2D eigenvalue weighted by Gasteiger charge is -2.15. The van der Waals surface area contributed by atoms with E-state index >= 15 is 0 Å². The van der Waals surface area contributed by atoms with Crippen molar-refractivity contribution in [3.05, 3.63) is 41.7 Å². The molecule has 2 N–H and O–H groups in total. The van der Waals surface area contributed by atoms with Crippen LogP contribution in [0, 0.1) is 22.7 Å². The SMILES string of the molecule is CC(C)(C)c1cc2cc(NC=C(C#N)C#N)ccc2[nH]1. The molecular formula is C16H16N4. The second-order valence-electron chi connectivity index (χ2n) is 5.66. The molecule has 0 spiro atoms. The number of aromatic nitrogens is 1. The summed E-state index contributed by atoms with van der Waals surface area (Å²) < 4.78 is 0. The molecule has 2 aromatic rings. The Morgan fingerprint density at radius 2 is 1.90 bits per heavy atom. The molecule has 0 aliphatic carbocycles. The molecular weight excluding hydrogens is 248 g/mol. The molecule has 0 amide bonds. The smallest absolute Gasteiger partial charge is 0.145 e. The molecule has 0 bridgehead atoms. The van der Waals surface area contributed by atoms with E-state index in [4.69, 9.17) is 10.5 Å². The molecule has 100 valence electrons. The molecule has 0 fully saturated rings. The Kier molecular flexibility index (Phi) is 3.50. The molecule has 0 saturated heterocycles. The van der Waals surface area contributed by atoms with Gasteiger partial charge in [-0.25, -0.2) is 0 Å². The van der Waals surface area contributed by atoms with Gasteiger partial charge in [0.05, 0.1) is 0 Å². The Balaban J connectivity index is 2.33. The Morgan fingerprint density at radius 3 is 2.50 bits per heavy atom. The largest absolute Gasteiger partial charge is 0.360 e. The fraction of sp³-hybridized carbons (Fsp3) is 0.250. The van der Waals surface area contributed by atoms with Crippen LogP contribution in [0.3, 0.4) is 0 Å². The number of rotatable bonds is 2. The highest BCUT2D eigenvalue weighted by Gasteiger charge is 2.16. The third-order valence-corrected chi connectivity index (χ3v) is 3.05. The molecule has 4 nitrogen and oxygen atoms in total. The molecule has 2 rings (SSSR count). The summed E-state index contributed by atoms with van der Waals surface area (Å²) in [6.07, 6.45) is 1.42. The van der Waals surface area contributed by atoms with Crippen LogP contribution in [0.25, 0.3) is 10.9 Å². The normalized spacial score (nSPS) is 10.7. The van der Waals surface area contributed by atoms with E-state index in [9.17, 15) is 0 Å². The van der Waals surface area contributed by atoms with E-state index in [-0.39, 0.29) is 11.0 Å². The number of hydrogen-bond donors (Lipinski definition) is 2. The average Bonchev–Trinajstić information content (AvgIpc) is 2.83. The van der Waals surface area contributed by atoms with Gasteiger partial charge >= 0.3 is 0 Å². The minimum absolute atomic E-state index is 0.0505. The summed E-state index contributed by atoms with van der Waals surface area (Å²) in [7, 11) is 0. The maximum absolute atomic E-state index is 8.68. The maximum atomic E-state index is 8.68. The minimum Gasteiger partial charge on any atom is -0.360 e. The summed E-state index contributed by atoms with van der Waals surface area (Å²) in [4.78, 5) is 3.40. The second-order valence-corrected chi connectivity index (χ2v) is 5.66. The van der Waals surface area contributed by atoms with Crippen molar-refractivity contribution < 1.29 is 0 Å². The van der Waals surface area contributed by atoms with E-state index in [0.717, 1.165) is 16.6 Å². The minimum atomic E-state index is 0.0505. The Hall–Kier alpha value is -2.72. The molecule has 0 aliphatic heterocycles. The molecule has 1 aromatic carbocycles. The highest BCUT2D eigenvalue weighted by Crippen LogP contribution is 2.27. The first-order valence-electron chi connectivity index (χ1n) is 6.34. The van der Waals surface area contributed by atoms with Crippen LogP contribution in [0.5, 0.6) is 0 Å². The summed E-state index contributed by atoms with van der Waals surface area (Å²) in [5.41, 5.74) is 3.22. The monoisotopic (exact) mass is 264 g/mol. The number of hydrogen-bond acceptors (Lipinski definition) is 3. The van der Waals surface area contributed by atoms with Crippen LogP contribution in [0.1, 0.15) is 26.5 Å². The zero-order chi connectivity index (χ0) is 14.8. The van der Waals surface area contributed by atoms with E-state index in [1.165, 1.54) is 11.9 Å². The van der Waals surface area contributed by atoms with Crippen molar-refractivity contribution in [2.24, 2.45) is 0 Å². The third kappa shape index (κ3) is 2.81. The number of aromatic amines is 1. The quantitative estimate of drug-likeness (QED) is 0.810. The molecule has 0 unspecified atom stereocenters. The fourth-order valence-electron chi connectivity index (χ4n) is 1.87. The topological polar surface area (TPSA) is 75.4 Å². The highest BCUT2D eigenvalue weighted by atomic mass is 14.8. The van der Waals surface area contributed by atoms with Crippen molar-refractivity contribution in [3.63, 3.8) is 0 Å². The molecule has 1 aromatic heterocycles. The van der Waals surface area contributed by atoms with Gasteiger partial charge in [-0.3, -0.25) is 0 Å². The van der Waals surface area contributed by atoms with E-state index in [2.05, 4.69) is 37.1 Å². The van der Waals surface area contributed by atoms with Crippen molar-refractivity contribution in [1.82, 2.24) is 4.98 Å². The molecule has 0 aliphatic rings. The number of nitriles is 2. The second kappa shape index (κ2) is 5.11. The molecule has 0 radical (unpaired) electrons. The summed E-state index contributed by atoms with van der Waals surface area (Å²) in [5.74, 6) is 0. The van der Waals surface area contributed by atoms with Gasteiger partial charge in [-0.1, -0.05) is 20.8 Å². The number of anilines is 1. The van der Waals surface area contributed by atoms with Crippen LogP contribution in [-0.4, -0.2) is 4.98 Å². The van der Waals surface area contributed by atoms with E-state index in [1.807, 2.05) is 30.3 Å². The van der Waals surface area contributed by atoms with E-state index < -0.39 is 0 Å². The lowest BCUT2D eigenvalue weighted by Crippen LogP contribution is -2.10. The van der Waals surface area contributed by atoms with Crippen LogP contribution in [0.15, 0.2) is 36.0 Å². The summed E-state index contributed by atoms with van der Waals surface area (Å²) in [6.45, 7) is 6.48. The number of benzene rings is 1. The van der Waals surface area contributed by atoms with Gasteiger partial charge in [-0.2, -0.15) is 10.5 Å². The summed E-state index contributed by atoms with van der Waals surface area (Å²) in [6, 6.07) is 11.6. The zero-order valence-corrected chi connectivity index (χ0v) is 11.8. The van der Waals surface area contributed by atoms with Crippen LogP contribution in [0.2, 0.25) is 0 Å². The van der Waals surface area contributed by atoms with Crippen LogP contribution < -0.4 is 5.32 Å². The molecule has 4 heteroatoms. The molecule has 0 saturated carbocycles. The Labute approximate surface area is 118 Å². The molecule has 1 heterocycles. The zero-order valence-electron chi connectivity index (χ0n) is 11.8. The first-order valence-corrected chi connectivity index (χ1v) is 6.34. The van der Waals surface area contributed by atoms with Crippen LogP contribution in [0.4, 0.5) is 5.69 Å². The Morgan fingerprint density at radius 1 is 1.20 bits per heavy atom. The predicted molar refractivity (Wildman–Crippen MR) is 79.9 cm³/mol. The van der Waals surface area contributed by atoms with Crippen molar-refractivity contribution in [2.45, 2.75) is 26.2 Å². The van der Waals surface area contributed by atoms with Crippen LogP contribution >= 0.6 is 0 Å². The molecule has 0 atom stereocenters. The average molecular weight is 264 g/mol. The van der Waals surface area contributed by atoms with E-state index in [1.54, 1.807) is 0 Å². The first kappa shape index (κ1) is 13.7. The summed E-state index contributed by atoms with van der Waals surface area (Å²) in [5, 5.41) is 21.4. The number of H-pyrrole nitrogens is 1. The van der Waals surface area contributed by atoms with Crippen LogP contribution in [-0.2, 0) is 5.41 Å². The van der Waals surface area contributed by atoms with Gasteiger partial charge in [0.15, 0.2) is 0 Å². The van der Waals surface area contributed by atoms with Gasteiger partial charge < -0.3 is 10.3 Å².